The van der Waals surface area contributed by atoms with Gasteiger partial charge in [0.1, 0.15) is 0 Å². The molecule has 0 saturated heterocycles. The van der Waals surface area contributed by atoms with Crippen LogP contribution >= 0.6 is 0 Å². The lowest BCUT2D eigenvalue weighted by Crippen LogP contribution is -2.28. The molecule has 1 amide bonds. The van der Waals surface area contributed by atoms with Crippen molar-refractivity contribution in [2.24, 2.45) is 11.8 Å². The molecule has 1 aromatic rings. The van der Waals surface area contributed by atoms with Gasteiger partial charge in [0.05, 0.1) is 12.4 Å². The van der Waals surface area contributed by atoms with Crippen molar-refractivity contribution >= 4 is 15.9 Å². The topological polar surface area (TPSA) is 83.5 Å². The molecular weight excluding hydrogens is 410 g/mol. The number of rotatable bonds is 14. The summed E-state index contributed by atoms with van der Waals surface area (Å²) in [6.45, 7) is 2.09. The fourth-order valence-corrected chi connectivity index (χ4v) is 5.33. The van der Waals surface area contributed by atoms with Crippen LogP contribution in [0.5, 0.6) is 0 Å². The van der Waals surface area contributed by atoms with Gasteiger partial charge in [-0.25, -0.2) is 8.42 Å². The van der Waals surface area contributed by atoms with Crippen LogP contribution in [-0.4, -0.2) is 31.8 Å². The fourth-order valence-electron chi connectivity index (χ4n) is 4.82. The van der Waals surface area contributed by atoms with Gasteiger partial charge in [-0.2, -0.15) is 0 Å². The monoisotopic (exact) mass is 451 g/mol. The Kier molecular flexibility index (Phi) is 11.0. The summed E-state index contributed by atoms with van der Waals surface area (Å²) >= 11 is 0. The Morgan fingerprint density at radius 2 is 1.68 bits per heavy atom. The molecule has 0 heterocycles. The number of amides is 1. The third-order valence-corrected chi connectivity index (χ3v) is 7.20. The molecule has 1 aliphatic carbocycles. The average Bonchev–Trinajstić information content (AvgIpc) is 3.14. The lowest BCUT2D eigenvalue weighted by Gasteiger charge is -2.21. The zero-order valence-corrected chi connectivity index (χ0v) is 20.1. The van der Waals surface area contributed by atoms with Crippen molar-refractivity contribution in [1.29, 1.82) is 0 Å². The molecule has 2 rings (SSSR count). The van der Waals surface area contributed by atoms with E-state index in [2.05, 4.69) is 31.2 Å². The zero-order chi connectivity index (χ0) is 22.7. The Morgan fingerprint density at radius 3 is 2.35 bits per heavy atom. The van der Waals surface area contributed by atoms with Crippen LogP contribution < -0.4 is 4.72 Å². The molecule has 0 bridgehead atoms. The Morgan fingerprint density at radius 1 is 1.03 bits per heavy atom. The Labute approximate surface area is 189 Å². The number of aliphatic hydroxyl groups excluding tert-OH is 1. The van der Waals surface area contributed by atoms with Crippen LogP contribution in [0, 0.1) is 18.8 Å². The van der Waals surface area contributed by atoms with E-state index in [0.29, 0.717) is 0 Å². The summed E-state index contributed by atoms with van der Waals surface area (Å²) in [5.74, 6) is 1.12. The van der Waals surface area contributed by atoms with Crippen molar-refractivity contribution in [1.82, 2.24) is 4.72 Å². The molecule has 31 heavy (non-hydrogen) atoms. The summed E-state index contributed by atoms with van der Waals surface area (Å²) in [5.41, 5.74) is 2.58. The summed E-state index contributed by atoms with van der Waals surface area (Å²) in [4.78, 5) is 11.5. The Hall–Kier alpha value is -1.40. The van der Waals surface area contributed by atoms with Crippen molar-refractivity contribution < 1.29 is 18.3 Å². The van der Waals surface area contributed by atoms with Gasteiger partial charge in [-0.05, 0) is 56.4 Å². The van der Waals surface area contributed by atoms with Crippen molar-refractivity contribution in [2.45, 2.75) is 96.5 Å². The van der Waals surface area contributed by atoms with Crippen LogP contribution in [0.15, 0.2) is 24.3 Å². The van der Waals surface area contributed by atoms with Crippen molar-refractivity contribution in [3.63, 3.8) is 0 Å². The standard InChI is InChI=1S/C25H41NO4S/c1-20-12-14-21(15-13-20)16-18-24(27)19-17-23-10-7-9-22(23)8-5-3-4-6-11-25(28)26-31(2,29)30/h12-15,22-24,27H,3-11,16-19H2,1-2H3,(H,26,28)/t22-,23?,24?/m0/s1. The number of carbonyl (C=O) groups excluding carboxylic acids is 1. The van der Waals surface area contributed by atoms with Gasteiger partial charge >= 0.3 is 0 Å². The zero-order valence-electron chi connectivity index (χ0n) is 19.3. The first-order valence-electron chi connectivity index (χ1n) is 12.0. The summed E-state index contributed by atoms with van der Waals surface area (Å²) in [6, 6.07) is 8.59. The van der Waals surface area contributed by atoms with E-state index in [1.54, 1.807) is 0 Å². The first-order chi connectivity index (χ1) is 14.7. The highest BCUT2D eigenvalue weighted by Gasteiger charge is 2.26. The smallest absolute Gasteiger partial charge is 0.233 e. The number of carbonyl (C=O) groups is 1. The molecule has 0 aromatic heterocycles. The van der Waals surface area contributed by atoms with E-state index in [1.165, 1.54) is 43.2 Å². The molecule has 1 saturated carbocycles. The van der Waals surface area contributed by atoms with Gasteiger partial charge in [0.15, 0.2) is 0 Å². The number of aliphatic hydroxyl groups is 1. The number of hydrogen-bond acceptors (Lipinski definition) is 4. The highest BCUT2D eigenvalue weighted by atomic mass is 32.2. The fraction of sp³-hybridized carbons (Fsp3) is 0.720. The van der Waals surface area contributed by atoms with Gasteiger partial charge < -0.3 is 5.11 Å². The first kappa shape index (κ1) is 25.9. The SMILES string of the molecule is Cc1ccc(CCC(O)CCC2CCC[C@@H]2CCCCCCC(=O)NS(C)(=O)=O)cc1. The third-order valence-electron chi connectivity index (χ3n) is 6.60. The predicted molar refractivity (Wildman–Crippen MR) is 126 cm³/mol. The molecule has 6 heteroatoms. The number of sulfonamides is 1. The maximum absolute atomic E-state index is 11.5. The first-order valence-corrected chi connectivity index (χ1v) is 13.9. The summed E-state index contributed by atoms with van der Waals surface area (Å²) in [6.07, 6.45) is 14.0. The molecule has 1 aliphatic rings. The van der Waals surface area contributed by atoms with E-state index in [4.69, 9.17) is 0 Å². The molecule has 5 nitrogen and oxygen atoms in total. The predicted octanol–water partition coefficient (Wildman–Crippen LogP) is 4.90. The van der Waals surface area contributed by atoms with Gasteiger partial charge in [0, 0.05) is 6.42 Å². The lowest BCUT2D eigenvalue weighted by molar-refractivity contribution is -0.119. The maximum Gasteiger partial charge on any atom is 0.233 e. The van der Waals surface area contributed by atoms with Crippen molar-refractivity contribution in [2.75, 3.05) is 6.26 Å². The summed E-state index contributed by atoms with van der Waals surface area (Å²) in [5, 5.41) is 10.4. The second kappa shape index (κ2) is 13.2. The largest absolute Gasteiger partial charge is 0.393 e. The Balaban J connectivity index is 1.55. The minimum Gasteiger partial charge on any atom is -0.393 e. The van der Waals surface area contributed by atoms with E-state index < -0.39 is 15.9 Å². The number of benzene rings is 1. The second-order valence-electron chi connectivity index (χ2n) is 9.46. The van der Waals surface area contributed by atoms with Gasteiger partial charge in [-0.1, -0.05) is 74.8 Å². The minimum atomic E-state index is -3.44. The van der Waals surface area contributed by atoms with Crippen molar-refractivity contribution in [3.8, 4) is 0 Å². The van der Waals surface area contributed by atoms with E-state index in [-0.39, 0.29) is 12.5 Å². The molecule has 0 spiro atoms. The Bertz CT molecular complexity index is 760. The van der Waals surface area contributed by atoms with E-state index in [1.807, 2.05) is 4.72 Å². The highest BCUT2D eigenvalue weighted by molar-refractivity contribution is 7.89. The third kappa shape index (κ3) is 11.2. The number of unbranched alkanes of at least 4 members (excludes halogenated alkanes) is 3. The molecule has 3 atom stereocenters. The normalized spacial score (nSPS) is 20.0. The molecule has 1 aromatic carbocycles. The molecule has 2 N–H and O–H groups in total. The number of aryl methyl sites for hydroxylation is 2. The van der Waals surface area contributed by atoms with E-state index >= 15 is 0 Å². The molecule has 176 valence electrons. The average molecular weight is 452 g/mol. The molecular formula is C25H41NO4S. The highest BCUT2D eigenvalue weighted by Crippen LogP contribution is 2.38. The van der Waals surface area contributed by atoms with Gasteiger partial charge in [-0.3, -0.25) is 9.52 Å². The summed E-state index contributed by atoms with van der Waals surface area (Å²) in [7, 11) is -3.44. The van der Waals surface area contributed by atoms with Crippen LogP contribution in [0.2, 0.25) is 0 Å². The van der Waals surface area contributed by atoms with E-state index in [9.17, 15) is 18.3 Å². The summed E-state index contributed by atoms with van der Waals surface area (Å²) < 4.78 is 24.0. The van der Waals surface area contributed by atoms with Gasteiger partial charge in [0.25, 0.3) is 0 Å². The second-order valence-corrected chi connectivity index (χ2v) is 11.2. The van der Waals surface area contributed by atoms with Crippen LogP contribution in [-0.2, 0) is 21.2 Å². The maximum atomic E-state index is 11.5. The molecule has 1 fully saturated rings. The molecule has 0 aliphatic heterocycles. The van der Waals surface area contributed by atoms with Crippen molar-refractivity contribution in [3.05, 3.63) is 35.4 Å². The van der Waals surface area contributed by atoms with Gasteiger partial charge in [0.2, 0.25) is 15.9 Å². The minimum absolute atomic E-state index is 0.208. The molecule has 0 radical (unpaired) electrons. The van der Waals surface area contributed by atoms with E-state index in [0.717, 1.165) is 63.0 Å². The quantitative estimate of drug-likeness (QED) is 0.394. The molecule has 2 unspecified atom stereocenters. The van der Waals surface area contributed by atoms with Crippen LogP contribution in [0.1, 0.15) is 88.2 Å². The lowest BCUT2D eigenvalue weighted by atomic mass is 9.86. The van der Waals surface area contributed by atoms with Gasteiger partial charge in [-0.15, -0.1) is 0 Å². The van der Waals surface area contributed by atoms with Crippen LogP contribution in [0.4, 0.5) is 0 Å². The number of hydrogen-bond donors (Lipinski definition) is 2. The van der Waals surface area contributed by atoms with Crippen LogP contribution in [0.3, 0.4) is 0 Å². The van der Waals surface area contributed by atoms with Crippen LogP contribution in [0.25, 0.3) is 0 Å². The number of nitrogens with one attached hydrogen (secondary N) is 1.